The van der Waals surface area contributed by atoms with Gasteiger partial charge in [-0.15, -0.1) is 0 Å². The molecule has 0 bridgehead atoms. The maximum atomic E-state index is 12.7. The van der Waals surface area contributed by atoms with E-state index in [1.54, 1.807) is 18.8 Å². The quantitative estimate of drug-likeness (QED) is 0.463. The van der Waals surface area contributed by atoms with Crippen molar-refractivity contribution in [1.29, 1.82) is 0 Å². The number of hydrogen-bond acceptors (Lipinski definition) is 4. The van der Waals surface area contributed by atoms with Crippen LogP contribution in [0.1, 0.15) is 18.5 Å². The predicted molar refractivity (Wildman–Crippen MR) is 90.5 cm³/mol. The number of nitrogens with zero attached hydrogens (tertiary/aromatic N) is 1. The SMILES string of the molecule is C[C@H](NP(C)(=O)Sc1ccc([N+](=O)[O-])cc1)c1ccccc1. The second-order valence-corrected chi connectivity index (χ2v) is 10.2. The molecule has 7 heteroatoms. The van der Waals surface area contributed by atoms with Gasteiger partial charge in [0, 0.05) is 29.7 Å². The highest BCUT2D eigenvalue weighted by molar-refractivity contribution is 8.57. The largest absolute Gasteiger partial charge is 0.295 e. The van der Waals surface area contributed by atoms with E-state index in [1.807, 2.05) is 37.3 Å². The Labute approximate surface area is 133 Å². The first-order valence-corrected chi connectivity index (χ1v) is 10.3. The van der Waals surface area contributed by atoms with Crippen LogP contribution in [0.4, 0.5) is 5.69 Å². The van der Waals surface area contributed by atoms with Gasteiger partial charge >= 0.3 is 0 Å². The molecule has 22 heavy (non-hydrogen) atoms. The van der Waals surface area contributed by atoms with Crippen LogP contribution in [0.25, 0.3) is 0 Å². The molecule has 2 rings (SSSR count). The van der Waals surface area contributed by atoms with E-state index >= 15 is 0 Å². The summed E-state index contributed by atoms with van der Waals surface area (Å²) in [4.78, 5) is 10.9. The Bertz CT molecular complexity index is 692. The molecule has 0 amide bonds. The number of benzene rings is 2. The Morgan fingerprint density at radius 2 is 1.73 bits per heavy atom. The van der Waals surface area contributed by atoms with Crippen molar-refractivity contribution in [2.75, 3.05) is 6.66 Å². The third kappa shape index (κ3) is 4.70. The smallest absolute Gasteiger partial charge is 0.269 e. The van der Waals surface area contributed by atoms with E-state index in [1.165, 1.54) is 23.5 Å². The Balaban J connectivity index is 2.04. The molecule has 1 unspecified atom stereocenters. The summed E-state index contributed by atoms with van der Waals surface area (Å²) in [5.41, 5.74) is 1.09. The first-order valence-electron chi connectivity index (χ1n) is 6.72. The fourth-order valence-corrected chi connectivity index (χ4v) is 5.79. The molecule has 0 aromatic heterocycles. The Hall–Kier alpha value is -1.62. The molecule has 5 nitrogen and oxygen atoms in total. The normalized spacial score (nSPS) is 15.0. The van der Waals surface area contributed by atoms with Crippen LogP contribution < -0.4 is 5.09 Å². The minimum absolute atomic E-state index is 0.0286. The van der Waals surface area contributed by atoms with Crippen LogP contribution in [-0.2, 0) is 4.57 Å². The molecule has 0 saturated carbocycles. The fourth-order valence-electron chi connectivity index (χ4n) is 2.02. The van der Waals surface area contributed by atoms with Gasteiger partial charge in [-0.2, -0.15) is 0 Å². The maximum Gasteiger partial charge on any atom is 0.269 e. The molecule has 0 aliphatic heterocycles. The van der Waals surface area contributed by atoms with E-state index in [2.05, 4.69) is 5.09 Å². The molecule has 0 aliphatic rings. The van der Waals surface area contributed by atoms with Crippen LogP contribution in [0.5, 0.6) is 0 Å². The van der Waals surface area contributed by atoms with Gasteiger partial charge in [0.25, 0.3) is 5.69 Å². The third-order valence-corrected chi connectivity index (χ3v) is 6.74. The number of hydrogen-bond donors (Lipinski definition) is 1. The summed E-state index contributed by atoms with van der Waals surface area (Å²) < 4.78 is 12.7. The molecule has 2 aromatic rings. The lowest BCUT2D eigenvalue weighted by molar-refractivity contribution is -0.384. The van der Waals surface area contributed by atoms with E-state index in [4.69, 9.17) is 0 Å². The average Bonchev–Trinajstić information content (AvgIpc) is 2.47. The van der Waals surface area contributed by atoms with E-state index in [0.717, 1.165) is 10.5 Å². The Morgan fingerprint density at radius 1 is 1.14 bits per heavy atom. The fraction of sp³-hybridized carbons (Fsp3) is 0.200. The highest BCUT2D eigenvalue weighted by Gasteiger charge is 2.21. The Morgan fingerprint density at radius 3 is 2.27 bits per heavy atom. The van der Waals surface area contributed by atoms with Crippen molar-refractivity contribution in [3.63, 3.8) is 0 Å². The van der Waals surface area contributed by atoms with E-state index in [-0.39, 0.29) is 11.7 Å². The molecule has 0 fully saturated rings. The molecule has 0 saturated heterocycles. The molecule has 0 spiro atoms. The molecule has 2 atom stereocenters. The van der Waals surface area contributed by atoms with Gasteiger partial charge in [0.15, 0.2) is 0 Å². The predicted octanol–water partition coefficient (Wildman–Crippen LogP) is 4.86. The summed E-state index contributed by atoms with van der Waals surface area (Å²) in [6.45, 7) is 0.947. The molecule has 0 heterocycles. The van der Waals surface area contributed by atoms with Crippen molar-refractivity contribution in [2.45, 2.75) is 17.9 Å². The van der Waals surface area contributed by atoms with E-state index in [0.29, 0.717) is 0 Å². The minimum Gasteiger partial charge on any atom is -0.295 e. The van der Waals surface area contributed by atoms with Gasteiger partial charge in [-0.3, -0.25) is 19.8 Å². The van der Waals surface area contributed by atoms with Gasteiger partial charge in [0.2, 0.25) is 6.49 Å². The van der Waals surface area contributed by atoms with Gasteiger partial charge in [-0.05, 0) is 36.0 Å². The van der Waals surface area contributed by atoms with Gasteiger partial charge in [0.1, 0.15) is 0 Å². The lowest BCUT2D eigenvalue weighted by Gasteiger charge is -2.20. The monoisotopic (exact) mass is 336 g/mol. The Kier molecular flexibility index (Phi) is 5.40. The molecule has 2 aromatic carbocycles. The van der Waals surface area contributed by atoms with Crippen molar-refractivity contribution in [3.8, 4) is 0 Å². The summed E-state index contributed by atoms with van der Waals surface area (Å²) in [5.74, 6) is 0. The summed E-state index contributed by atoms with van der Waals surface area (Å²) in [6, 6.07) is 15.8. The average molecular weight is 336 g/mol. The number of rotatable bonds is 6. The van der Waals surface area contributed by atoms with Crippen molar-refractivity contribution in [1.82, 2.24) is 5.09 Å². The van der Waals surface area contributed by atoms with Crippen molar-refractivity contribution in [3.05, 3.63) is 70.3 Å². The summed E-state index contributed by atoms with van der Waals surface area (Å²) in [7, 11) is 0. The van der Waals surface area contributed by atoms with Gasteiger partial charge in [0.05, 0.1) is 4.92 Å². The van der Waals surface area contributed by atoms with E-state index in [9.17, 15) is 14.7 Å². The van der Waals surface area contributed by atoms with Crippen LogP contribution in [0.3, 0.4) is 0 Å². The molecule has 0 aliphatic carbocycles. The molecular weight excluding hydrogens is 319 g/mol. The second kappa shape index (κ2) is 7.09. The highest BCUT2D eigenvalue weighted by atomic mass is 32.7. The molecule has 0 radical (unpaired) electrons. The van der Waals surface area contributed by atoms with E-state index < -0.39 is 11.4 Å². The molecule has 116 valence electrons. The standard InChI is InChI=1S/C15H17N2O3PS/c1-12(13-6-4-3-5-7-13)16-21(2,20)22-15-10-8-14(9-11-15)17(18)19/h3-12H,1-2H3,(H,16,20)/t12-,21?/m0/s1. The van der Waals surface area contributed by atoms with Crippen LogP contribution in [-0.4, -0.2) is 11.6 Å². The van der Waals surface area contributed by atoms with Crippen LogP contribution >= 0.6 is 17.9 Å². The number of nitro groups is 1. The first kappa shape index (κ1) is 16.7. The summed E-state index contributed by atoms with van der Waals surface area (Å²) in [6.07, 6.45) is 0. The molecular formula is C15H17N2O3PS. The third-order valence-electron chi connectivity index (χ3n) is 3.05. The molecule has 1 N–H and O–H groups in total. The topological polar surface area (TPSA) is 72.2 Å². The number of non-ortho nitro benzene ring substituents is 1. The van der Waals surface area contributed by atoms with Crippen molar-refractivity contribution < 1.29 is 9.49 Å². The van der Waals surface area contributed by atoms with Gasteiger partial charge in [-0.25, -0.2) is 0 Å². The minimum atomic E-state index is -2.68. The summed E-state index contributed by atoms with van der Waals surface area (Å²) in [5, 5.41) is 13.8. The number of nitro benzene ring substituents is 1. The van der Waals surface area contributed by atoms with Crippen molar-refractivity contribution >= 4 is 23.6 Å². The first-order chi connectivity index (χ1) is 10.4. The van der Waals surface area contributed by atoms with Crippen LogP contribution in [0, 0.1) is 10.1 Å². The second-order valence-electron chi connectivity index (χ2n) is 4.95. The highest BCUT2D eigenvalue weighted by Crippen LogP contribution is 2.56. The lowest BCUT2D eigenvalue weighted by Crippen LogP contribution is -2.13. The van der Waals surface area contributed by atoms with Crippen LogP contribution in [0.15, 0.2) is 59.5 Å². The zero-order valence-electron chi connectivity index (χ0n) is 12.3. The van der Waals surface area contributed by atoms with Crippen LogP contribution in [0.2, 0.25) is 0 Å². The van der Waals surface area contributed by atoms with Gasteiger partial charge in [-0.1, -0.05) is 30.3 Å². The zero-order chi connectivity index (χ0) is 16.2. The van der Waals surface area contributed by atoms with Gasteiger partial charge < -0.3 is 0 Å². The van der Waals surface area contributed by atoms with Crippen molar-refractivity contribution in [2.24, 2.45) is 0 Å². The summed E-state index contributed by atoms with van der Waals surface area (Å²) >= 11 is 1.21. The lowest BCUT2D eigenvalue weighted by atomic mass is 10.1. The maximum absolute atomic E-state index is 12.7. The number of nitrogens with one attached hydrogen (secondary N) is 1. The zero-order valence-corrected chi connectivity index (χ0v) is 14.0.